The Kier molecular flexibility index (Phi) is 2.79. The van der Waals surface area contributed by atoms with E-state index in [0.717, 1.165) is 5.56 Å². The van der Waals surface area contributed by atoms with Gasteiger partial charge in [0.25, 0.3) is 0 Å². The van der Waals surface area contributed by atoms with Gasteiger partial charge in [-0.05, 0) is 23.6 Å². The van der Waals surface area contributed by atoms with Gasteiger partial charge in [0.15, 0.2) is 0 Å². The summed E-state index contributed by atoms with van der Waals surface area (Å²) in [6, 6.07) is 9.14. The van der Waals surface area contributed by atoms with Gasteiger partial charge in [-0.1, -0.05) is 30.3 Å². The molecule has 0 heterocycles. The molecule has 11 heavy (non-hydrogen) atoms. The summed E-state index contributed by atoms with van der Waals surface area (Å²) < 4.78 is 21.0. The lowest BCUT2D eigenvalue weighted by Gasteiger charge is -2.14. The largest absolute Gasteiger partial charge is 0.772 e. The maximum Gasteiger partial charge on any atom is 0.0436 e. The van der Waals surface area contributed by atoms with Crippen LogP contribution in [0.5, 0.6) is 0 Å². The maximum atomic E-state index is 10.5. The molecule has 2 atom stereocenters. The Hall–Kier alpha value is -0.670. The highest BCUT2D eigenvalue weighted by Crippen LogP contribution is 2.16. The van der Waals surface area contributed by atoms with Crippen molar-refractivity contribution in [1.29, 1.82) is 0 Å². The van der Waals surface area contributed by atoms with E-state index in [1.165, 1.54) is 0 Å². The first-order valence-corrected chi connectivity index (χ1v) is 4.48. The van der Waals surface area contributed by atoms with E-state index in [9.17, 15) is 8.76 Å². The average molecular weight is 169 g/mol. The van der Waals surface area contributed by atoms with Crippen LogP contribution < -0.4 is 0 Å². The van der Waals surface area contributed by atoms with Gasteiger partial charge in [-0.15, -0.1) is 0 Å². The Morgan fingerprint density at radius 1 is 1.36 bits per heavy atom. The van der Waals surface area contributed by atoms with Crippen molar-refractivity contribution in [2.45, 2.75) is 12.2 Å². The predicted octanol–water partition coefficient (Wildman–Crippen LogP) is 1.63. The Morgan fingerprint density at radius 2 is 1.91 bits per heavy atom. The molecule has 0 aliphatic carbocycles. The second-order valence-electron chi connectivity index (χ2n) is 2.31. The van der Waals surface area contributed by atoms with Crippen molar-refractivity contribution in [3.05, 3.63) is 35.9 Å². The Balaban J connectivity index is 2.85. The van der Waals surface area contributed by atoms with Crippen LogP contribution in [0.25, 0.3) is 0 Å². The summed E-state index contributed by atoms with van der Waals surface area (Å²) in [7, 11) is 0. The van der Waals surface area contributed by atoms with Crippen molar-refractivity contribution in [1.82, 2.24) is 0 Å². The minimum Gasteiger partial charge on any atom is -0.772 e. The first-order chi connectivity index (χ1) is 5.22. The van der Waals surface area contributed by atoms with E-state index in [4.69, 9.17) is 0 Å². The molecule has 0 amide bonds. The van der Waals surface area contributed by atoms with Gasteiger partial charge in [0.1, 0.15) is 0 Å². The summed E-state index contributed by atoms with van der Waals surface area (Å²) >= 11 is -2.01. The van der Waals surface area contributed by atoms with Crippen molar-refractivity contribution in [2.75, 3.05) is 0 Å². The van der Waals surface area contributed by atoms with Gasteiger partial charge in [-0.25, -0.2) is 0 Å². The molecule has 1 unspecified atom stereocenters. The average Bonchev–Trinajstić information content (AvgIpc) is 2.05. The van der Waals surface area contributed by atoms with Gasteiger partial charge in [0.2, 0.25) is 0 Å². The quantitative estimate of drug-likeness (QED) is 0.631. The molecule has 0 aliphatic heterocycles. The third kappa shape index (κ3) is 2.13. The van der Waals surface area contributed by atoms with E-state index in [1.807, 2.05) is 18.2 Å². The molecule has 0 spiro atoms. The molecule has 3 heteroatoms. The maximum absolute atomic E-state index is 10.5. The van der Waals surface area contributed by atoms with Crippen molar-refractivity contribution in [2.24, 2.45) is 0 Å². The number of hydrogen-bond donors (Lipinski definition) is 0. The standard InChI is InChI=1S/C8H10O2S/c1-7(11(9)10)8-5-3-2-4-6-8/h2-7H,1H3,(H,9,10)/p-1/t7-/m1/s1. The zero-order valence-electron chi connectivity index (χ0n) is 6.19. The molecule has 2 nitrogen and oxygen atoms in total. The molecular weight excluding hydrogens is 160 g/mol. The van der Waals surface area contributed by atoms with E-state index >= 15 is 0 Å². The first kappa shape index (κ1) is 8.43. The zero-order chi connectivity index (χ0) is 8.27. The molecule has 0 radical (unpaired) electrons. The van der Waals surface area contributed by atoms with Gasteiger partial charge in [0, 0.05) is 5.25 Å². The second-order valence-corrected chi connectivity index (χ2v) is 3.54. The second kappa shape index (κ2) is 3.64. The molecule has 0 aliphatic rings. The highest BCUT2D eigenvalue weighted by Gasteiger charge is 2.02. The van der Waals surface area contributed by atoms with Crippen LogP contribution in [0.2, 0.25) is 0 Å². The van der Waals surface area contributed by atoms with Crippen molar-refractivity contribution < 1.29 is 8.76 Å². The predicted molar refractivity (Wildman–Crippen MR) is 43.8 cm³/mol. The van der Waals surface area contributed by atoms with Gasteiger partial charge in [-0.3, -0.25) is 4.21 Å². The van der Waals surface area contributed by atoms with Crippen LogP contribution in [0.1, 0.15) is 17.7 Å². The van der Waals surface area contributed by atoms with Gasteiger partial charge < -0.3 is 4.55 Å². The van der Waals surface area contributed by atoms with Crippen molar-refractivity contribution >= 4 is 11.1 Å². The van der Waals surface area contributed by atoms with E-state index in [0.29, 0.717) is 0 Å². The van der Waals surface area contributed by atoms with E-state index < -0.39 is 16.3 Å². The zero-order valence-corrected chi connectivity index (χ0v) is 7.01. The monoisotopic (exact) mass is 169 g/mol. The summed E-state index contributed by atoms with van der Waals surface area (Å²) in [5, 5.41) is -0.406. The summed E-state index contributed by atoms with van der Waals surface area (Å²) in [4.78, 5) is 0. The fourth-order valence-corrected chi connectivity index (χ4v) is 1.21. The van der Waals surface area contributed by atoms with Crippen LogP contribution in [0.15, 0.2) is 30.3 Å². The Labute approximate surface area is 68.5 Å². The summed E-state index contributed by atoms with van der Waals surface area (Å²) in [5.74, 6) is 0. The number of benzene rings is 1. The van der Waals surface area contributed by atoms with Crippen LogP contribution in [-0.2, 0) is 11.1 Å². The highest BCUT2D eigenvalue weighted by molar-refractivity contribution is 7.79. The summed E-state index contributed by atoms with van der Waals surface area (Å²) in [6.45, 7) is 1.67. The summed E-state index contributed by atoms with van der Waals surface area (Å²) in [6.07, 6.45) is 0. The topological polar surface area (TPSA) is 40.1 Å². The molecule has 60 valence electrons. The lowest BCUT2D eigenvalue weighted by Crippen LogP contribution is -2.00. The SMILES string of the molecule is C[C@H](c1ccccc1)S(=O)[O-]. The minimum absolute atomic E-state index is 0.406. The fraction of sp³-hybridized carbons (Fsp3) is 0.250. The lowest BCUT2D eigenvalue weighted by molar-refractivity contribution is 0.527. The van der Waals surface area contributed by atoms with Crippen molar-refractivity contribution in [3.8, 4) is 0 Å². The smallest absolute Gasteiger partial charge is 0.0436 e. The first-order valence-electron chi connectivity index (χ1n) is 3.35. The molecular formula is C8H9O2S-. The van der Waals surface area contributed by atoms with Gasteiger partial charge >= 0.3 is 0 Å². The molecule has 0 saturated heterocycles. The van der Waals surface area contributed by atoms with Crippen LogP contribution in [0.3, 0.4) is 0 Å². The number of rotatable bonds is 2. The third-order valence-corrected chi connectivity index (χ3v) is 2.41. The highest BCUT2D eigenvalue weighted by atomic mass is 32.2. The molecule has 1 aromatic carbocycles. The molecule has 1 rings (SSSR count). The minimum atomic E-state index is -2.01. The Bertz CT molecular complexity index is 246. The lowest BCUT2D eigenvalue weighted by atomic mass is 10.2. The van der Waals surface area contributed by atoms with Crippen LogP contribution in [-0.4, -0.2) is 8.76 Å². The van der Waals surface area contributed by atoms with Crippen LogP contribution in [0.4, 0.5) is 0 Å². The van der Waals surface area contributed by atoms with E-state index in [-0.39, 0.29) is 0 Å². The molecule has 0 fully saturated rings. The van der Waals surface area contributed by atoms with Crippen LogP contribution in [0, 0.1) is 0 Å². The number of hydrogen-bond acceptors (Lipinski definition) is 2. The van der Waals surface area contributed by atoms with Gasteiger partial charge in [0.05, 0.1) is 0 Å². The van der Waals surface area contributed by atoms with E-state index in [2.05, 4.69) is 0 Å². The Morgan fingerprint density at radius 3 is 2.36 bits per heavy atom. The molecule has 1 aromatic rings. The van der Waals surface area contributed by atoms with Crippen molar-refractivity contribution in [3.63, 3.8) is 0 Å². The normalized spacial score (nSPS) is 15.8. The molecule has 0 aromatic heterocycles. The molecule has 0 N–H and O–H groups in total. The third-order valence-electron chi connectivity index (χ3n) is 1.56. The molecule has 0 bridgehead atoms. The van der Waals surface area contributed by atoms with Crippen LogP contribution >= 0.6 is 0 Å². The molecule has 0 saturated carbocycles. The van der Waals surface area contributed by atoms with E-state index in [1.54, 1.807) is 19.1 Å². The fourth-order valence-electron chi connectivity index (χ4n) is 0.835. The van der Waals surface area contributed by atoms with Gasteiger partial charge in [-0.2, -0.15) is 0 Å². The summed E-state index contributed by atoms with van der Waals surface area (Å²) in [5.41, 5.74) is 0.834.